The number of carbonyl (C=O) groups is 1. The van der Waals surface area contributed by atoms with Crippen LogP contribution < -0.4 is 0 Å². The molecule has 0 N–H and O–H groups in total. The van der Waals surface area contributed by atoms with Crippen molar-refractivity contribution in [3.05, 3.63) is 82.9 Å². The van der Waals surface area contributed by atoms with Crippen molar-refractivity contribution in [2.75, 3.05) is 19.6 Å². The Bertz CT molecular complexity index is 1090. The van der Waals surface area contributed by atoms with Crippen LogP contribution in [-0.4, -0.2) is 45.1 Å². The maximum absolute atomic E-state index is 13.6. The minimum atomic E-state index is -0.256. The van der Waals surface area contributed by atoms with Crippen molar-refractivity contribution >= 4 is 5.91 Å². The van der Waals surface area contributed by atoms with Crippen LogP contribution in [0.15, 0.2) is 54.6 Å². The molecular formula is C28H35FN4O. The lowest BCUT2D eigenvalue weighted by atomic mass is 10.0. The Balaban J connectivity index is 1.66. The van der Waals surface area contributed by atoms with Gasteiger partial charge in [-0.15, -0.1) is 0 Å². The van der Waals surface area contributed by atoms with E-state index in [0.717, 1.165) is 49.4 Å². The summed E-state index contributed by atoms with van der Waals surface area (Å²) in [6.07, 6.45) is 2.38. The molecule has 2 heterocycles. The molecule has 0 atom stereocenters. The lowest BCUT2D eigenvalue weighted by Gasteiger charge is -2.28. The molecule has 2 aromatic carbocycles. The highest BCUT2D eigenvalue weighted by atomic mass is 19.1. The van der Waals surface area contributed by atoms with Gasteiger partial charge in [0.25, 0.3) is 0 Å². The molecule has 1 aliphatic heterocycles. The van der Waals surface area contributed by atoms with E-state index in [1.807, 2.05) is 39.9 Å². The minimum absolute atomic E-state index is 0.117. The Morgan fingerprint density at radius 2 is 1.85 bits per heavy atom. The zero-order valence-corrected chi connectivity index (χ0v) is 20.5. The van der Waals surface area contributed by atoms with Crippen molar-refractivity contribution in [3.63, 3.8) is 0 Å². The summed E-state index contributed by atoms with van der Waals surface area (Å²) in [5.74, 6) is 0.214. The molecule has 5 nitrogen and oxygen atoms in total. The molecule has 0 unspecified atom stereocenters. The fraction of sp³-hybridized carbons (Fsp3) is 0.429. The van der Waals surface area contributed by atoms with Crippen molar-refractivity contribution in [1.82, 2.24) is 19.6 Å². The smallest absolute Gasteiger partial charge is 0.227 e. The fourth-order valence-electron chi connectivity index (χ4n) is 4.73. The van der Waals surface area contributed by atoms with Gasteiger partial charge in [0.05, 0.1) is 30.0 Å². The molecule has 3 aromatic rings. The molecule has 0 spiro atoms. The zero-order chi connectivity index (χ0) is 24.1. The van der Waals surface area contributed by atoms with Crippen LogP contribution in [0.5, 0.6) is 0 Å². The van der Waals surface area contributed by atoms with Crippen LogP contribution in [0.1, 0.15) is 49.7 Å². The minimum Gasteiger partial charge on any atom is -0.336 e. The molecule has 4 rings (SSSR count). The number of carbonyl (C=O) groups excluding carboxylic acids is 1. The number of benzene rings is 2. The van der Waals surface area contributed by atoms with Crippen molar-refractivity contribution < 1.29 is 9.18 Å². The molecule has 0 saturated carbocycles. The number of fused-ring (bicyclic) bond motifs is 1. The Morgan fingerprint density at radius 3 is 2.53 bits per heavy atom. The molecule has 34 heavy (non-hydrogen) atoms. The van der Waals surface area contributed by atoms with Crippen molar-refractivity contribution in [2.45, 2.75) is 53.1 Å². The second kappa shape index (κ2) is 11.0. The summed E-state index contributed by atoms with van der Waals surface area (Å²) in [4.78, 5) is 17.8. The van der Waals surface area contributed by atoms with E-state index in [1.165, 1.54) is 23.4 Å². The second-order valence-corrected chi connectivity index (χ2v) is 9.62. The van der Waals surface area contributed by atoms with Gasteiger partial charge in [0, 0.05) is 31.6 Å². The Labute approximate surface area is 202 Å². The number of halogens is 1. The van der Waals surface area contributed by atoms with E-state index in [1.54, 1.807) is 12.1 Å². The highest BCUT2D eigenvalue weighted by Crippen LogP contribution is 2.27. The summed E-state index contributed by atoms with van der Waals surface area (Å²) in [5, 5.41) is 5.00. The molecule has 1 aliphatic rings. The molecule has 6 heteroatoms. The molecular weight excluding hydrogens is 427 g/mol. The maximum Gasteiger partial charge on any atom is 0.227 e. The first-order valence-electron chi connectivity index (χ1n) is 12.3. The summed E-state index contributed by atoms with van der Waals surface area (Å²) < 4.78 is 15.5. The van der Waals surface area contributed by atoms with E-state index in [-0.39, 0.29) is 11.7 Å². The lowest BCUT2D eigenvalue weighted by Crippen LogP contribution is -2.36. The van der Waals surface area contributed by atoms with Crippen LogP contribution in [-0.2, 0) is 30.7 Å². The molecule has 180 valence electrons. The Hall–Kier alpha value is -2.99. The van der Waals surface area contributed by atoms with Crippen LogP contribution in [0.2, 0.25) is 0 Å². The van der Waals surface area contributed by atoms with Crippen LogP contribution in [0.25, 0.3) is 5.69 Å². The number of aromatic nitrogens is 2. The predicted octanol–water partition coefficient (Wildman–Crippen LogP) is 5.01. The first kappa shape index (κ1) is 24.1. The molecule has 0 bridgehead atoms. The summed E-state index contributed by atoms with van der Waals surface area (Å²) in [6.45, 7) is 10.5. The summed E-state index contributed by atoms with van der Waals surface area (Å²) in [7, 11) is 0. The van der Waals surface area contributed by atoms with Crippen molar-refractivity contribution in [1.29, 1.82) is 0 Å². The predicted molar refractivity (Wildman–Crippen MR) is 133 cm³/mol. The molecule has 0 radical (unpaired) electrons. The van der Waals surface area contributed by atoms with Gasteiger partial charge in [-0.25, -0.2) is 9.07 Å². The van der Waals surface area contributed by atoms with Gasteiger partial charge in [0.15, 0.2) is 0 Å². The third kappa shape index (κ3) is 5.73. The van der Waals surface area contributed by atoms with Crippen LogP contribution in [0.3, 0.4) is 0 Å². The average Bonchev–Trinajstić information content (AvgIpc) is 3.17. The van der Waals surface area contributed by atoms with Gasteiger partial charge in [0.1, 0.15) is 5.82 Å². The van der Waals surface area contributed by atoms with Crippen LogP contribution in [0, 0.1) is 11.7 Å². The van der Waals surface area contributed by atoms with Gasteiger partial charge in [-0.3, -0.25) is 9.69 Å². The third-order valence-corrected chi connectivity index (χ3v) is 6.31. The molecule has 0 aliphatic carbocycles. The van der Waals surface area contributed by atoms with E-state index in [0.29, 0.717) is 25.4 Å². The van der Waals surface area contributed by atoms with Gasteiger partial charge in [-0.2, -0.15) is 5.10 Å². The molecule has 0 fully saturated rings. The molecule has 1 aromatic heterocycles. The first-order valence-corrected chi connectivity index (χ1v) is 12.3. The molecule has 0 saturated heterocycles. The maximum atomic E-state index is 13.6. The van der Waals surface area contributed by atoms with E-state index < -0.39 is 0 Å². The molecule has 1 amide bonds. The van der Waals surface area contributed by atoms with E-state index >= 15 is 0 Å². The number of amides is 1. The highest BCUT2D eigenvalue weighted by Gasteiger charge is 2.27. The van der Waals surface area contributed by atoms with E-state index in [2.05, 4.69) is 25.7 Å². The second-order valence-electron chi connectivity index (χ2n) is 9.62. The Kier molecular flexibility index (Phi) is 7.78. The number of hydrogen-bond donors (Lipinski definition) is 0. The quantitative estimate of drug-likeness (QED) is 0.449. The highest BCUT2D eigenvalue weighted by molar-refractivity contribution is 5.78. The monoisotopic (exact) mass is 462 g/mol. The standard InChI is InChI=1S/C28H35FN4O/c1-4-15-31-16-14-27-25(19-31)26(30-33(27)24-12-10-23(29)11-13-24)20-32(18-21(2)3)28(34)17-22-8-6-5-7-9-22/h5-13,21H,4,14-20H2,1-3H3. The number of nitrogens with zero attached hydrogens (tertiary/aromatic N) is 4. The summed E-state index contributed by atoms with van der Waals surface area (Å²) in [5.41, 5.74) is 5.22. The normalized spacial score (nSPS) is 13.8. The Morgan fingerprint density at radius 1 is 1.12 bits per heavy atom. The third-order valence-electron chi connectivity index (χ3n) is 6.31. The number of hydrogen-bond acceptors (Lipinski definition) is 3. The van der Waals surface area contributed by atoms with Gasteiger partial charge in [0.2, 0.25) is 5.91 Å². The van der Waals surface area contributed by atoms with Gasteiger partial charge < -0.3 is 4.90 Å². The van der Waals surface area contributed by atoms with E-state index in [4.69, 9.17) is 5.10 Å². The SMILES string of the molecule is CCCN1CCc2c(c(CN(CC(C)C)C(=O)Cc3ccccc3)nn2-c2ccc(F)cc2)C1. The van der Waals surface area contributed by atoms with Crippen LogP contribution >= 0.6 is 0 Å². The van der Waals surface area contributed by atoms with Crippen molar-refractivity contribution in [3.8, 4) is 5.69 Å². The van der Waals surface area contributed by atoms with Gasteiger partial charge >= 0.3 is 0 Å². The van der Waals surface area contributed by atoms with Gasteiger partial charge in [-0.1, -0.05) is 51.1 Å². The first-order chi connectivity index (χ1) is 16.4. The summed E-state index contributed by atoms with van der Waals surface area (Å²) >= 11 is 0. The topological polar surface area (TPSA) is 41.4 Å². The zero-order valence-electron chi connectivity index (χ0n) is 20.5. The van der Waals surface area contributed by atoms with Crippen molar-refractivity contribution in [2.24, 2.45) is 5.92 Å². The average molecular weight is 463 g/mol. The van der Waals surface area contributed by atoms with Crippen LogP contribution in [0.4, 0.5) is 4.39 Å². The summed E-state index contributed by atoms with van der Waals surface area (Å²) in [6, 6.07) is 16.4. The van der Waals surface area contributed by atoms with E-state index in [9.17, 15) is 9.18 Å². The number of rotatable bonds is 9. The fourth-order valence-corrected chi connectivity index (χ4v) is 4.73. The van der Waals surface area contributed by atoms with Gasteiger partial charge in [-0.05, 0) is 48.7 Å². The largest absolute Gasteiger partial charge is 0.336 e. The lowest BCUT2D eigenvalue weighted by molar-refractivity contribution is -0.131.